The van der Waals surface area contributed by atoms with Crippen LogP contribution in [-0.4, -0.2) is 39.6 Å². The summed E-state index contributed by atoms with van der Waals surface area (Å²) in [5, 5.41) is -0.375. The van der Waals surface area contributed by atoms with Gasteiger partial charge in [0.15, 0.2) is 0 Å². The van der Waals surface area contributed by atoms with E-state index in [1.807, 2.05) is 0 Å². The molecule has 1 heterocycles. The molecular formula is C17H37NO3Si. The summed E-state index contributed by atoms with van der Waals surface area (Å²) in [6.07, 6.45) is 7.14. The molecule has 0 bridgehead atoms. The Labute approximate surface area is 138 Å². The van der Waals surface area contributed by atoms with E-state index in [9.17, 15) is 0 Å². The SMILES string of the molecule is CCCOC1(CCC)C(N)CCC[Si]1(OCCC)OCCC. The zero-order chi connectivity index (χ0) is 16.5. The average Bonchev–Trinajstić information content (AvgIpc) is 2.53. The maximum atomic E-state index is 6.61. The number of hydrogen-bond acceptors (Lipinski definition) is 4. The fourth-order valence-electron chi connectivity index (χ4n) is 3.57. The van der Waals surface area contributed by atoms with Gasteiger partial charge in [-0.25, -0.2) is 0 Å². The highest BCUT2D eigenvalue weighted by Crippen LogP contribution is 2.43. The lowest BCUT2D eigenvalue weighted by Crippen LogP contribution is -2.73. The zero-order valence-electron chi connectivity index (χ0n) is 15.2. The summed E-state index contributed by atoms with van der Waals surface area (Å²) in [6.45, 7) is 10.9. The largest absolute Gasteiger partial charge is 0.393 e. The van der Waals surface area contributed by atoms with E-state index in [0.717, 1.165) is 70.8 Å². The van der Waals surface area contributed by atoms with Gasteiger partial charge >= 0.3 is 8.56 Å². The fourth-order valence-corrected chi connectivity index (χ4v) is 8.25. The van der Waals surface area contributed by atoms with Crippen LogP contribution in [0.25, 0.3) is 0 Å². The van der Waals surface area contributed by atoms with Crippen molar-refractivity contribution in [2.45, 2.75) is 90.0 Å². The molecule has 1 saturated heterocycles. The van der Waals surface area contributed by atoms with Gasteiger partial charge in [-0.1, -0.05) is 34.1 Å². The van der Waals surface area contributed by atoms with Crippen LogP contribution in [0.3, 0.4) is 0 Å². The topological polar surface area (TPSA) is 53.7 Å². The van der Waals surface area contributed by atoms with Crippen LogP contribution in [0.5, 0.6) is 0 Å². The molecule has 0 aromatic carbocycles. The molecule has 2 atom stereocenters. The number of ether oxygens (including phenoxy) is 1. The Hall–Kier alpha value is 0.0569. The second-order valence-corrected chi connectivity index (χ2v) is 9.87. The van der Waals surface area contributed by atoms with Gasteiger partial charge in [0.25, 0.3) is 0 Å². The fraction of sp³-hybridized carbons (Fsp3) is 1.00. The Morgan fingerprint density at radius 1 is 0.955 bits per heavy atom. The standard InChI is InChI=1S/C17H37NO3Si/c1-5-11-17(19-12-6-2)16(18)10-9-15-22(17,20-13-7-3)21-14-8-4/h16H,5-15,18H2,1-4H3. The van der Waals surface area contributed by atoms with Gasteiger partial charge in [0.1, 0.15) is 5.22 Å². The minimum Gasteiger partial charge on any atom is -0.393 e. The van der Waals surface area contributed by atoms with E-state index in [1.165, 1.54) is 0 Å². The monoisotopic (exact) mass is 331 g/mol. The molecule has 22 heavy (non-hydrogen) atoms. The minimum absolute atomic E-state index is 0.0353. The molecule has 1 aliphatic heterocycles. The normalized spacial score (nSPS) is 28.0. The second kappa shape index (κ2) is 10.0. The minimum atomic E-state index is -2.47. The summed E-state index contributed by atoms with van der Waals surface area (Å²) in [4.78, 5) is 0. The number of rotatable bonds is 11. The van der Waals surface area contributed by atoms with E-state index in [4.69, 9.17) is 19.3 Å². The molecule has 5 heteroatoms. The lowest BCUT2D eigenvalue weighted by molar-refractivity contribution is -0.0632. The molecule has 1 rings (SSSR count). The maximum Gasteiger partial charge on any atom is 0.372 e. The number of hydrogen-bond donors (Lipinski definition) is 1. The molecule has 0 spiro atoms. The Morgan fingerprint density at radius 2 is 1.55 bits per heavy atom. The van der Waals surface area contributed by atoms with Gasteiger partial charge in [-0.15, -0.1) is 0 Å². The van der Waals surface area contributed by atoms with E-state index >= 15 is 0 Å². The predicted octanol–water partition coefficient (Wildman–Crippen LogP) is 3.91. The second-order valence-electron chi connectivity index (χ2n) is 6.44. The highest BCUT2D eigenvalue weighted by atomic mass is 28.4. The van der Waals surface area contributed by atoms with Crippen LogP contribution < -0.4 is 5.73 Å². The predicted molar refractivity (Wildman–Crippen MR) is 94.1 cm³/mol. The van der Waals surface area contributed by atoms with Gasteiger partial charge in [0, 0.05) is 25.9 Å². The molecule has 2 unspecified atom stereocenters. The van der Waals surface area contributed by atoms with Crippen molar-refractivity contribution < 1.29 is 13.6 Å². The van der Waals surface area contributed by atoms with Crippen LogP contribution in [0.15, 0.2) is 0 Å². The van der Waals surface area contributed by atoms with Crippen LogP contribution in [0.1, 0.15) is 72.6 Å². The van der Waals surface area contributed by atoms with Crippen molar-refractivity contribution in [2.24, 2.45) is 5.73 Å². The van der Waals surface area contributed by atoms with Gasteiger partial charge in [0.05, 0.1) is 0 Å². The van der Waals surface area contributed by atoms with Gasteiger partial charge < -0.3 is 19.3 Å². The van der Waals surface area contributed by atoms with Crippen LogP contribution in [0, 0.1) is 0 Å². The van der Waals surface area contributed by atoms with Crippen LogP contribution in [-0.2, 0) is 13.6 Å². The Bertz CT molecular complexity index is 296. The van der Waals surface area contributed by atoms with Crippen molar-refractivity contribution in [3.05, 3.63) is 0 Å². The van der Waals surface area contributed by atoms with Gasteiger partial charge in [-0.05, 0) is 44.6 Å². The summed E-state index contributed by atoms with van der Waals surface area (Å²) in [6, 6.07) is 1.05. The van der Waals surface area contributed by atoms with E-state index < -0.39 is 8.56 Å². The molecule has 0 aromatic heterocycles. The Kier molecular flexibility index (Phi) is 9.17. The molecule has 132 valence electrons. The first-order valence-corrected chi connectivity index (χ1v) is 11.3. The van der Waals surface area contributed by atoms with Gasteiger partial charge in [-0.2, -0.15) is 0 Å². The number of nitrogens with two attached hydrogens (primary N) is 1. The quantitative estimate of drug-likeness (QED) is 0.583. The van der Waals surface area contributed by atoms with Crippen molar-refractivity contribution in [2.75, 3.05) is 19.8 Å². The molecule has 0 radical (unpaired) electrons. The third-order valence-corrected chi connectivity index (χ3v) is 8.94. The average molecular weight is 332 g/mol. The third-order valence-electron chi connectivity index (χ3n) is 4.53. The zero-order valence-corrected chi connectivity index (χ0v) is 16.2. The van der Waals surface area contributed by atoms with Crippen molar-refractivity contribution in [1.82, 2.24) is 0 Å². The molecule has 0 saturated carbocycles. The van der Waals surface area contributed by atoms with Crippen molar-refractivity contribution in [3.63, 3.8) is 0 Å². The smallest absolute Gasteiger partial charge is 0.372 e. The van der Waals surface area contributed by atoms with E-state index in [1.54, 1.807) is 0 Å². The first-order chi connectivity index (χ1) is 10.6. The molecule has 0 aliphatic carbocycles. The van der Waals surface area contributed by atoms with Crippen molar-refractivity contribution in [3.8, 4) is 0 Å². The van der Waals surface area contributed by atoms with E-state index in [0.29, 0.717) is 0 Å². The van der Waals surface area contributed by atoms with Gasteiger partial charge in [-0.3, -0.25) is 0 Å². The molecule has 0 aromatic rings. The van der Waals surface area contributed by atoms with E-state index in [2.05, 4.69) is 27.7 Å². The van der Waals surface area contributed by atoms with Crippen molar-refractivity contribution in [1.29, 1.82) is 0 Å². The van der Waals surface area contributed by atoms with E-state index in [-0.39, 0.29) is 11.3 Å². The third kappa shape index (κ3) is 4.32. The van der Waals surface area contributed by atoms with Crippen LogP contribution in [0.2, 0.25) is 6.04 Å². The first-order valence-electron chi connectivity index (χ1n) is 9.29. The maximum absolute atomic E-state index is 6.61. The molecule has 2 N–H and O–H groups in total. The summed E-state index contributed by atoms with van der Waals surface area (Å²) < 4.78 is 19.4. The lowest BCUT2D eigenvalue weighted by Gasteiger charge is -2.52. The van der Waals surface area contributed by atoms with Gasteiger partial charge in [0.2, 0.25) is 0 Å². The summed E-state index contributed by atoms with van der Waals surface area (Å²) >= 11 is 0. The van der Waals surface area contributed by atoms with Crippen LogP contribution in [0.4, 0.5) is 0 Å². The van der Waals surface area contributed by atoms with Crippen molar-refractivity contribution >= 4 is 8.56 Å². The summed E-state index contributed by atoms with van der Waals surface area (Å²) in [5.74, 6) is 0. The highest BCUT2D eigenvalue weighted by molar-refractivity contribution is 6.71. The Morgan fingerprint density at radius 3 is 2.05 bits per heavy atom. The summed E-state index contributed by atoms with van der Waals surface area (Å²) in [7, 11) is -2.47. The molecule has 1 aliphatic rings. The molecule has 4 nitrogen and oxygen atoms in total. The molecule has 1 fully saturated rings. The first kappa shape index (κ1) is 20.1. The molecular weight excluding hydrogens is 294 g/mol. The lowest BCUT2D eigenvalue weighted by atomic mass is 10.0. The Balaban J connectivity index is 3.15. The van der Waals surface area contributed by atoms with Crippen LogP contribution >= 0.6 is 0 Å². The molecule has 0 amide bonds. The summed E-state index contributed by atoms with van der Waals surface area (Å²) in [5.41, 5.74) is 6.61. The highest BCUT2D eigenvalue weighted by Gasteiger charge is 2.63.